The smallest absolute Gasteiger partial charge is 0.189 e. The third-order valence-corrected chi connectivity index (χ3v) is 15.4. The first-order valence-corrected chi connectivity index (χ1v) is 19.2. The second-order valence-corrected chi connectivity index (χ2v) is 17.3. The number of carbonyl (C=O) groups is 1. The van der Waals surface area contributed by atoms with E-state index in [1.54, 1.807) is 18.9 Å². The molecule has 4 aromatic rings. The van der Waals surface area contributed by atoms with Crippen molar-refractivity contribution in [2.75, 3.05) is 12.9 Å². The number of imidazole rings is 1. The minimum Gasteiger partial charge on any atom is -0.497 e. The first-order chi connectivity index (χ1) is 24.0. The number of aliphatic hydroxyl groups is 2. The molecule has 0 amide bonds. The van der Waals surface area contributed by atoms with Crippen molar-refractivity contribution in [2.24, 2.45) is 33.5 Å². The van der Waals surface area contributed by atoms with Gasteiger partial charge in [-0.05, 0) is 85.5 Å². The predicted molar refractivity (Wildman–Crippen MR) is 198 cm³/mol. The number of ether oxygens (including phenoxy) is 1. The van der Waals surface area contributed by atoms with Crippen LogP contribution in [-0.4, -0.2) is 50.5 Å². The molecule has 0 saturated heterocycles. The molecule has 3 aromatic carbocycles. The summed E-state index contributed by atoms with van der Waals surface area (Å²) in [6.07, 6.45) is 12.5. The fourth-order valence-corrected chi connectivity index (χ4v) is 12.7. The van der Waals surface area contributed by atoms with Crippen LogP contribution in [0.2, 0.25) is 0 Å². The van der Waals surface area contributed by atoms with Crippen LogP contribution in [0.15, 0.2) is 102 Å². The number of allylic oxidation sites excluding steroid dienone is 4. The van der Waals surface area contributed by atoms with Crippen molar-refractivity contribution in [3.63, 3.8) is 0 Å². The van der Waals surface area contributed by atoms with Gasteiger partial charge in [0, 0.05) is 39.2 Å². The molecule has 8 atom stereocenters. The SMILES string of the molecule is COc1ccc2nc(SCC3(O)CCC4C56C=CC7(C=C5C(=O)c5ccc(-c8ccccc8)cc5)CC(O)CCC7(C)C6CCC43C)[nH]c2c1. The highest BCUT2D eigenvalue weighted by Crippen LogP contribution is 2.78. The molecular weight excluding hydrogens is 641 g/mol. The average molecular weight is 687 g/mol. The lowest BCUT2D eigenvalue weighted by Gasteiger charge is -2.71. The van der Waals surface area contributed by atoms with Crippen LogP contribution < -0.4 is 4.74 Å². The fraction of sp³-hybridized carbons (Fsp3) is 0.442. The van der Waals surface area contributed by atoms with Crippen LogP contribution in [0.3, 0.4) is 0 Å². The van der Waals surface area contributed by atoms with E-state index in [2.05, 4.69) is 61.3 Å². The molecule has 3 N–H and O–H groups in total. The first-order valence-electron chi connectivity index (χ1n) is 18.3. The van der Waals surface area contributed by atoms with Gasteiger partial charge in [0.15, 0.2) is 10.9 Å². The molecule has 7 heteroatoms. The first kappa shape index (κ1) is 32.3. The van der Waals surface area contributed by atoms with Crippen molar-refractivity contribution in [3.05, 3.63) is 102 Å². The Kier molecular flexibility index (Phi) is 7.21. The van der Waals surface area contributed by atoms with E-state index in [1.165, 1.54) is 0 Å². The number of aromatic nitrogens is 2. The van der Waals surface area contributed by atoms with E-state index in [1.807, 2.05) is 48.5 Å². The Morgan fingerprint density at radius 3 is 2.42 bits per heavy atom. The second kappa shape index (κ2) is 11.2. The Morgan fingerprint density at radius 2 is 1.64 bits per heavy atom. The van der Waals surface area contributed by atoms with Gasteiger partial charge in [-0.25, -0.2) is 4.98 Å². The zero-order valence-corrected chi connectivity index (χ0v) is 29.9. The van der Waals surface area contributed by atoms with Crippen LogP contribution in [0.1, 0.15) is 69.2 Å². The van der Waals surface area contributed by atoms with E-state index < -0.39 is 16.4 Å². The summed E-state index contributed by atoms with van der Waals surface area (Å²) in [5, 5.41) is 24.6. The number of hydrogen-bond donors (Lipinski definition) is 3. The molecule has 3 saturated carbocycles. The fourth-order valence-electron chi connectivity index (χ4n) is 11.5. The van der Waals surface area contributed by atoms with Crippen molar-refractivity contribution in [3.8, 4) is 16.9 Å². The van der Waals surface area contributed by atoms with E-state index in [-0.39, 0.29) is 34.6 Å². The Hall–Kier alpha value is -3.65. The van der Waals surface area contributed by atoms with Crippen molar-refractivity contribution in [2.45, 2.75) is 75.7 Å². The summed E-state index contributed by atoms with van der Waals surface area (Å²) < 4.78 is 5.41. The second-order valence-electron chi connectivity index (χ2n) is 16.3. The van der Waals surface area contributed by atoms with Gasteiger partial charge >= 0.3 is 0 Å². The molecule has 8 unspecified atom stereocenters. The predicted octanol–water partition coefficient (Wildman–Crippen LogP) is 8.80. The molecule has 2 bridgehead atoms. The Bertz CT molecular complexity index is 2060. The number of aromatic amines is 1. The number of fused-ring (bicyclic) bond motifs is 2. The van der Waals surface area contributed by atoms with Crippen LogP contribution in [0, 0.1) is 33.5 Å². The van der Waals surface area contributed by atoms with Crippen LogP contribution in [0.4, 0.5) is 0 Å². The van der Waals surface area contributed by atoms with Gasteiger partial charge in [0.2, 0.25) is 0 Å². The molecule has 3 fully saturated rings. The standard InChI is InChI=1S/C43H46N2O4S/c1-39-18-15-30(46)24-41(39)21-22-43(32(25-41)37(47)29-11-9-28(10-12-29)27-7-5-4-6-8-27)35(39)16-19-40(2)36(43)17-20-42(40,48)26-50-38-44-33-14-13-31(49-3)23-34(33)45-38/h4-14,21-23,25,30,35-36,46,48H,15-20,24,26H2,1-3H3,(H,44,45). The van der Waals surface area contributed by atoms with Gasteiger partial charge in [-0.3, -0.25) is 4.79 Å². The number of nitrogens with zero attached hydrogens (tertiary/aromatic N) is 1. The maximum Gasteiger partial charge on any atom is 0.189 e. The van der Waals surface area contributed by atoms with E-state index in [0.717, 1.165) is 70.7 Å². The number of Topliss-reactive ketones (excluding diaryl/α,β-unsaturated/α-hetero) is 1. The number of aliphatic hydroxyl groups excluding tert-OH is 1. The number of carbonyl (C=O) groups excluding carboxylic acids is 1. The average Bonchev–Trinajstić information content (AvgIpc) is 3.67. The van der Waals surface area contributed by atoms with E-state index in [9.17, 15) is 15.0 Å². The highest BCUT2D eigenvalue weighted by Gasteiger charge is 2.74. The zero-order valence-electron chi connectivity index (χ0n) is 29.1. The minimum atomic E-state index is -0.923. The quantitative estimate of drug-likeness (QED) is 0.102. The summed E-state index contributed by atoms with van der Waals surface area (Å²) >= 11 is 1.59. The molecule has 1 heterocycles. The maximum atomic E-state index is 15.0. The van der Waals surface area contributed by atoms with Gasteiger partial charge in [0.25, 0.3) is 0 Å². The van der Waals surface area contributed by atoms with Crippen molar-refractivity contribution < 1.29 is 19.7 Å². The summed E-state index contributed by atoms with van der Waals surface area (Å²) in [6, 6.07) is 24.2. The lowest BCUT2D eigenvalue weighted by atomic mass is 9.32. The van der Waals surface area contributed by atoms with Crippen LogP contribution in [-0.2, 0) is 0 Å². The lowest BCUT2D eigenvalue weighted by molar-refractivity contribution is -0.166. The Labute approximate surface area is 298 Å². The number of methoxy groups -OCH3 is 1. The normalized spacial score (nSPS) is 36.8. The third kappa shape index (κ3) is 4.35. The molecule has 6 aliphatic carbocycles. The van der Waals surface area contributed by atoms with Gasteiger partial charge in [-0.15, -0.1) is 0 Å². The minimum absolute atomic E-state index is 0.0615. The van der Waals surface area contributed by atoms with Crippen molar-refractivity contribution in [1.29, 1.82) is 0 Å². The third-order valence-electron chi connectivity index (χ3n) is 14.3. The molecule has 1 aromatic heterocycles. The molecule has 6 aliphatic rings. The van der Waals surface area contributed by atoms with E-state index in [0.29, 0.717) is 24.2 Å². The molecule has 2 spiro atoms. The molecular formula is C43H46N2O4S. The zero-order chi connectivity index (χ0) is 34.5. The summed E-state index contributed by atoms with van der Waals surface area (Å²) in [5.74, 6) is 1.77. The van der Waals surface area contributed by atoms with Crippen LogP contribution >= 0.6 is 11.8 Å². The number of ketones is 1. The van der Waals surface area contributed by atoms with Gasteiger partial charge < -0.3 is 19.9 Å². The number of H-pyrrole nitrogens is 1. The number of hydrogen-bond acceptors (Lipinski definition) is 6. The summed E-state index contributed by atoms with van der Waals surface area (Å²) in [5.41, 5.74) is 3.40. The van der Waals surface area contributed by atoms with Crippen LogP contribution in [0.5, 0.6) is 5.75 Å². The van der Waals surface area contributed by atoms with Gasteiger partial charge in [-0.1, -0.05) is 98.4 Å². The van der Waals surface area contributed by atoms with Crippen molar-refractivity contribution in [1.82, 2.24) is 9.97 Å². The molecule has 50 heavy (non-hydrogen) atoms. The topological polar surface area (TPSA) is 95.4 Å². The van der Waals surface area contributed by atoms with Crippen molar-refractivity contribution >= 4 is 28.6 Å². The molecule has 0 aliphatic heterocycles. The van der Waals surface area contributed by atoms with E-state index >= 15 is 0 Å². The number of benzene rings is 3. The number of thioether (sulfide) groups is 1. The van der Waals surface area contributed by atoms with Crippen LogP contribution in [0.25, 0.3) is 22.2 Å². The number of rotatable bonds is 7. The summed E-state index contributed by atoms with van der Waals surface area (Å²) in [7, 11) is 1.66. The summed E-state index contributed by atoms with van der Waals surface area (Å²) in [6.45, 7) is 4.73. The molecule has 10 rings (SSSR count). The Morgan fingerprint density at radius 1 is 0.920 bits per heavy atom. The monoisotopic (exact) mass is 686 g/mol. The lowest BCUT2D eigenvalue weighted by Crippen LogP contribution is -2.67. The molecule has 6 nitrogen and oxygen atoms in total. The molecule has 0 radical (unpaired) electrons. The van der Waals surface area contributed by atoms with Gasteiger partial charge in [0.05, 0.1) is 29.8 Å². The highest BCUT2D eigenvalue weighted by atomic mass is 32.2. The van der Waals surface area contributed by atoms with Gasteiger partial charge in [-0.2, -0.15) is 0 Å². The number of nitrogens with one attached hydrogen (secondary N) is 1. The largest absolute Gasteiger partial charge is 0.497 e. The molecule has 258 valence electrons. The van der Waals surface area contributed by atoms with Gasteiger partial charge in [0.1, 0.15) is 5.75 Å². The van der Waals surface area contributed by atoms with E-state index in [4.69, 9.17) is 9.72 Å². The Balaban J connectivity index is 1.09. The summed E-state index contributed by atoms with van der Waals surface area (Å²) in [4.78, 5) is 23.2. The highest BCUT2D eigenvalue weighted by molar-refractivity contribution is 7.99. The maximum absolute atomic E-state index is 15.0.